The number of carboxylic acids is 1. The van der Waals surface area contributed by atoms with Crippen LogP contribution in [-0.4, -0.2) is 58.6 Å². The fourth-order valence-electron chi connectivity index (χ4n) is 2.42. The number of aliphatic carboxylic acids is 1. The molecule has 0 aliphatic carbocycles. The molecule has 0 radical (unpaired) electrons. The third kappa shape index (κ3) is 4.54. The maximum Gasteiger partial charge on any atom is 0.317 e. The minimum Gasteiger partial charge on any atom is -0.480 e. The molecule has 6 heteroatoms. The van der Waals surface area contributed by atoms with Crippen LogP contribution < -0.4 is 0 Å². The molecule has 2 rings (SSSR count). The van der Waals surface area contributed by atoms with E-state index in [0.29, 0.717) is 5.92 Å². The van der Waals surface area contributed by atoms with Crippen LogP contribution in [0, 0.1) is 0 Å². The van der Waals surface area contributed by atoms with Crippen molar-refractivity contribution in [2.24, 2.45) is 0 Å². The predicted molar refractivity (Wildman–Crippen MR) is 80.2 cm³/mol. The first kappa shape index (κ1) is 15.4. The van der Waals surface area contributed by atoms with Gasteiger partial charge < -0.3 is 5.11 Å². The Morgan fingerprint density at radius 1 is 1.35 bits per heavy atom. The summed E-state index contributed by atoms with van der Waals surface area (Å²) in [5.41, 5.74) is 1.14. The number of thiazole rings is 1. The Balaban J connectivity index is 1.85. The van der Waals surface area contributed by atoms with E-state index in [9.17, 15) is 4.79 Å². The van der Waals surface area contributed by atoms with Crippen LogP contribution in [0.25, 0.3) is 0 Å². The van der Waals surface area contributed by atoms with Gasteiger partial charge in [0.1, 0.15) is 0 Å². The summed E-state index contributed by atoms with van der Waals surface area (Å²) in [7, 11) is 0. The molecule has 0 amide bonds. The summed E-state index contributed by atoms with van der Waals surface area (Å²) < 4.78 is 0. The van der Waals surface area contributed by atoms with Crippen molar-refractivity contribution in [3.8, 4) is 0 Å². The fraction of sp³-hybridized carbons (Fsp3) is 0.714. The molecule has 0 saturated carbocycles. The van der Waals surface area contributed by atoms with E-state index in [4.69, 9.17) is 5.11 Å². The van der Waals surface area contributed by atoms with Gasteiger partial charge >= 0.3 is 5.97 Å². The number of carbonyl (C=O) groups is 1. The summed E-state index contributed by atoms with van der Waals surface area (Å²) in [6, 6.07) is 0. The van der Waals surface area contributed by atoms with Crippen molar-refractivity contribution in [1.29, 1.82) is 0 Å². The summed E-state index contributed by atoms with van der Waals surface area (Å²) in [4.78, 5) is 19.8. The maximum atomic E-state index is 10.8. The van der Waals surface area contributed by atoms with E-state index in [1.54, 1.807) is 11.3 Å². The summed E-state index contributed by atoms with van der Waals surface area (Å²) in [5.74, 6) is -0.247. The van der Waals surface area contributed by atoms with Crippen molar-refractivity contribution < 1.29 is 9.90 Å². The van der Waals surface area contributed by atoms with Crippen molar-refractivity contribution in [2.75, 3.05) is 32.7 Å². The zero-order valence-electron chi connectivity index (χ0n) is 12.2. The lowest BCUT2D eigenvalue weighted by Gasteiger charge is -2.19. The Hall–Kier alpha value is -0.980. The van der Waals surface area contributed by atoms with Crippen LogP contribution >= 0.6 is 11.3 Å². The number of carboxylic acid groups (broad SMARTS) is 1. The van der Waals surface area contributed by atoms with E-state index < -0.39 is 5.97 Å². The average Bonchev–Trinajstić information content (AvgIpc) is 2.73. The molecule has 0 unspecified atom stereocenters. The molecule has 1 aromatic heterocycles. The Morgan fingerprint density at radius 3 is 2.70 bits per heavy atom. The summed E-state index contributed by atoms with van der Waals surface area (Å²) >= 11 is 1.73. The lowest BCUT2D eigenvalue weighted by atomic mass is 10.2. The topological polar surface area (TPSA) is 56.7 Å². The van der Waals surface area contributed by atoms with Gasteiger partial charge in [-0.3, -0.25) is 14.6 Å². The van der Waals surface area contributed by atoms with Crippen molar-refractivity contribution >= 4 is 17.3 Å². The zero-order valence-corrected chi connectivity index (χ0v) is 13.0. The SMILES string of the molecule is CC(C)c1nc(CN2CCCN(CC(=O)O)CC2)cs1. The highest BCUT2D eigenvalue weighted by Gasteiger charge is 2.17. The largest absolute Gasteiger partial charge is 0.480 e. The molecule has 1 N–H and O–H groups in total. The third-order valence-corrected chi connectivity index (χ3v) is 4.68. The highest BCUT2D eigenvalue weighted by molar-refractivity contribution is 7.09. The van der Waals surface area contributed by atoms with Crippen LogP contribution in [0.4, 0.5) is 0 Å². The first-order valence-electron chi connectivity index (χ1n) is 7.15. The monoisotopic (exact) mass is 297 g/mol. The van der Waals surface area contributed by atoms with Crippen LogP contribution in [0.1, 0.15) is 36.9 Å². The first-order chi connectivity index (χ1) is 9.54. The third-order valence-electron chi connectivity index (χ3n) is 3.49. The predicted octanol–water partition coefficient (Wildman–Crippen LogP) is 1.86. The molecule has 1 aromatic rings. The number of rotatable bonds is 5. The van der Waals surface area contributed by atoms with Crippen LogP contribution in [-0.2, 0) is 11.3 Å². The quantitative estimate of drug-likeness (QED) is 0.899. The van der Waals surface area contributed by atoms with Crippen LogP contribution in [0.5, 0.6) is 0 Å². The Kier molecular flexibility index (Phi) is 5.51. The molecule has 112 valence electrons. The Labute approximate surface area is 124 Å². The van der Waals surface area contributed by atoms with Gasteiger partial charge in [-0.15, -0.1) is 11.3 Å². The Bertz CT molecular complexity index is 447. The van der Waals surface area contributed by atoms with Gasteiger partial charge in [-0.25, -0.2) is 4.98 Å². The Morgan fingerprint density at radius 2 is 2.05 bits per heavy atom. The van der Waals surface area contributed by atoms with E-state index in [2.05, 4.69) is 29.1 Å². The molecule has 0 atom stereocenters. The highest BCUT2D eigenvalue weighted by atomic mass is 32.1. The van der Waals surface area contributed by atoms with E-state index in [-0.39, 0.29) is 6.54 Å². The number of nitrogens with zero attached hydrogens (tertiary/aromatic N) is 3. The van der Waals surface area contributed by atoms with E-state index >= 15 is 0 Å². The standard InChI is InChI=1S/C14H23N3O2S/c1-11(2)14-15-12(10-20-14)8-16-4-3-5-17(7-6-16)9-13(18)19/h10-11H,3-9H2,1-2H3,(H,18,19). The molecule has 1 fully saturated rings. The van der Waals surface area contributed by atoms with E-state index in [1.165, 1.54) is 5.01 Å². The van der Waals surface area contributed by atoms with E-state index in [0.717, 1.165) is 44.8 Å². The van der Waals surface area contributed by atoms with E-state index in [1.807, 2.05) is 4.90 Å². The van der Waals surface area contributed by atoms with Gasteiger partial charge in [-0.05, 0) is 13.0 Å². The number of aromatic nitrogens is 1. The minimum atomic E-state index is -0.737. The molecule has 0 bridgehead atoms. The van der Waals surface area contributed by atoms with Crippen LogP contribution in [0.2, 0.25) is 0 Å². The average molecular weight is 297 g/mol. The molecule has 1 saturated heterocycles. The minimum absolute atomic E-state index is 0.155. The van der Waals surface area contributed by atoms with Gasteiger partial charge in [0.15, 0.2) is 0 Å². The van der Waals surface area contributed by atoms with Gasteiger partial charge in [-0.1, -0.05) is 13.8 Å². The zero-order chi connectivity index (χ0) is 14.5. The first-order valence-corrected chi connectivity index (χ1v) is 8.03. The molecule has 0 spiro atoms. The molecule has 5 nitrogen and oxygen atoms in total. The second kappa shape index (κ2) is 7.15. The normalized spacial score (nSPS) is 18.4. The molecule has 1 aliphatic rings. The molecular weight excluding hydrogens is 274 g/mol. The smallest absolute Gasteiger partial charge is 0.317 e. The fourth-order valence-corrected chi connectivity index (χ4v) is 3.25. The second-order valence-electron chi connectivity index (χ2n) is 5.63. The van der Waals surface area contributed by atoms with Crippen LogP contribution in [0.3, 0.4) is 0 Å². The van der Waals surface area contributed by atoms with Crippen molar-refractivity contribution in [3.63, 3.8) is 0 Å². The maximum absolute atomic E-state index is 10.8. The summed E-state index contributed by atoms with van der Waals surface area (Å²) in [6.45, 7) is 9.00. The van der Waals surface area contributed by atoms with Crippen molar-refractivity contribution in [1.82, 2.24) is 14.8 Å². The highest BCUT2D eigenvalue weighted by Crippen LogP contribution is 2.20. The van der Waals surface area contributed by atoms with Gasteiger partial charge in [0.2, 0.25) is 0 Å². The van der Waals surface area contributed by atoms with Gasteiger partial charge in [0, 0.05) is 37.5 Å². The summed E-state index contributed by atoms with van der Waals surface area (Å²) in [6.07, 6.45) is 1.02. The molecule has 20 heavy (non-hydrogen) atoms. The van der Waals surface area contributed by atoms with Gasteiger partial charge in [-0.2, -0.15) is 0 Å². The molecule has 1 aliphatic heterocycles. The number of hydrogen-bond donors (Lipinski definition) is 1. The summed E-state index contributed by atoms with van der Waals surface area (Å²) in [5, 5.41) is 12.2. The van der Waals surface area contributed by atoms with Crippen molar-refractivity contribution in [2.45, 2.75) is 32.7 Å². The van der Waals surface area contributed by atoms with Crippen molar-refractivity contribution in [3.05, 3.63) is 16.1 Å². The van der Waals surface area contributed by atoms with Gasteiger partial charge in [0.25, 0.3) is 0 Å². The van der Waals surface area contributed by atoms with Crippen LogP contribution in [0.15, 0.2) is 5.38 Å². The lowest BCUT2D eigenvalue weighted by molar-refractivity contribution is -0.138. The van der Waals surface area contributed by atoms with Gasteiger partial charge in [0.05, 0.1) is 17.2 Å². The lowest BCUT2D eigenvalue weighted by Crippen LogP contribution is -2.34. The molecular formula is C14H23N3O2S. The molecule has 0 aromatic carbocycles. The number of hydrogen-bond acceptors (Lipinski definition) is 5. The molecule has 2 heterocycles. The second-order valence-corrected chi connectivity index (χ2v) is 6.52.